The lowest BCUT2D eigenvalue weighted by molar-refractivity contribution is 0.0706. The summed E-state index contributed by atoms with van der Waals surface area (Å²) in [6.07, 6.45) is 12.3. The molecule has 0 atom stereocenters. The second-order valence-electron chi connectivity index (χ2n) is 5.50. The van der Waals surface area contributed by atoms with Crippen LogP contribution in [0.3, 0.4) is 0 Å². The van der Waals surface area contributed by atoms with E-state index in [0.717, 1.165) is 19.4 Å². The largest absolute Gasteiger partial charge is 0.339 e. The molecule has 0 unspecified atom stereocenters. The Kier molecular flexibility index (Phi) is 5.00. The highest BCUT2D eigenvalue weighted by molar-refractivity contribution is 5.93. The minimum atomic E-state index is 0.116. The number of aromatic nitrogens is 2. The second kappa shape index (κ2) is 6.73. The first-order valence-electron chi connectivity index (χ1n) is 7.52. The summed E-state index contributed by atoms with van der Waals surface area (Å²) < 4.78 is 1.80. The Balaban J connectivity index is 2.00. The van der Waals surface area contributed by atoms with Crippen molar-refractivity contribution in [2.75, 3.05) is 7.05 Å². The van der Waals surface area contributed by atoms with Crippen molar-refractivity contribution in [3.63, 3.8) is 0 Å². The van der Waals surface area contributed by atoms with E-state index in [1.165, 1.54) is 32.1 Å². The average Bonchev–Trinajstić information content (AvgIpc) is 2.85. The van der Waals surface area contributed by atoms with E-state index in [4.69, 9.17) is 0 Å². The Morgan fingerprint density at radius 1 is 1.32 bits per heavy atom. The summed E-state index contributed by atoms with van der Waals surface area (Å²) in [5, 5.41) is 4.19. The third-order valence-electron chi connectivity index (χ3n) is 4.15. The number of carbonyl (C=O) groups is 1. The van der Waals surface area contributed by atoms with Gasteiger partial charge in [-0.05, 0) is 19.8 Å². The predicted molar refractivity (Wildman–Crippen MR) is 76.1 cm³/mol. The topological polar surface area (TPSA) is 38.1 Å². The van der Waals surface area contributed by atoms with Crippen LogP contribution in [-0.4, -0.2) is 33.7 Å². The summed E-state index contributed by atoms with van der Waals surface area (Å²) in [6.45, 7) is 2.83. The number of amides is 1. The zero-order chi connectivity index (χ0) is 13.7. The van der Waals surface area contributed by atoms with Gasteiger partial charge in [-0.25, -0.2) is 0 Å². The van der Waals surface area contributed by atoms with Crippen molar-refractivity contribution in [1.82, 2.24) is 14.7 Å². The van der Waals surface area contributed by atoms with Crippen LogP contribution in [0, 0.1) is 0 Å². The van der Waals surface area contributed by atoms with Gasteiger partial charge in [-0.1, -0.05) is 32.1 Å². The highest BCUT2D eigenvalue weighted by Gasteiger charge is 2.22. The molecule has 1 saturated carbocycles. The van der Waals surface area contributed by atoms with E-state index in [9.17, 15) is 4.79 Å². The second-order valence-corrected chi connectivity index (χ2v) is 5.50. The van der Waals surface area contributed by atoms with Crippen molar-refractivity contribution >= 4 is 5.91 Å². The van der Waals surface area contributed by atoms with Gasteiger partial charge in [0.2, 0.25) is 0 Å². The maximum absolute atomic E-state index is 12.4. The van der Waals surface area contributed by atoms with Crippen molar-refractivity contribution in [2.24, 2.45) is 0 Å². The summed E-state index contributed by atoms with van der Waals surface area (Å²) in [5.74, 6) is 0.116. The molecule has 1 heterocycles. The van der Waals surface area contributed by atoms with E-state index in [1.807, 2.05) is 25.1 Å². The molecule has 0 aromatic carbocycles. The van der Waals surface area contributed by atoms with E-state index in [0.29, 0.717) is 11.6 Å². The van der Waals surface area contributed by atoms with E-state index < -0.39 is 0 Å². The van der Waals surface area contributed by atoms with Crippen LogP contribution in [0.25, 0.3) is 0 Å². The van der Waals surface area contributed by atoms with Crippen molar-refractivity contribution < 1.29 is 4.79 Å². The van der Waals surface area contributed by atoms with Gasteiger partial charge in [0.15, 0.2) is 0 Å². The fourth-order valence-electron chi connectivity index (χ4n) is 2.84. The first-order valence-corrected chi connectivity index (χ1v) is 7.52. The molecule has 0 aliphatic heterocycles. The Bertz CT molecular complexity index is 405. The maximum Gasteiger partial charge on any atom is 0.257 e. The number of hydrogen-bond acceptors (Lipinski definition) is 2. The number of rotatable bonds is 3. The Labute approximate surface area is 115 Å². The quantitative estimate of drug-likeness (QED) is 0.840. The molecule has 1 aromatic rings. The van der Waals surface area contributed by atoms with Gasteiger partial charge >= 0.3 is 0 Å². The Morgan fingerprint density at radius 2 is 1.95 bits per heavy atom. The third kappa shape index (κ3) is 3.58. The third-order valence-corrected chi connectivity index (χ3v) is 4.15. The molecular weight excluding hydrogens is 238 g/mol. The lowest BCUT2D eigenvalue weighted by Gasteiger charge is -2.29. The molecule has 2 rings (SSSR count). The molecule has 106 valence electrons. The summed E-state index contributed by atoms with van der Waals surface area (Å²) in [5.41, 5.74) is 0.714. The van der Waals surface area contributed by atoms with Gasteiger partial charge in [-0.2, -0.15) is 5.10 Å². The van der Waals surface area contributed by atoms with Crippen LogP contribution < -0.4 is 0 Å². The van der Waals surface area contributed by atoms with E-state index >= 15 is 0 Å². The fraction of sp³-hybridized carbons (Fsp3) is 0.733. The van der Waals surface area contributed by atoms with Crippen LogP contribution in [-0.2, 0) is 6.54 Å². The standard InChI is InChI=1S/C15H25N3O/c1-3-18-12-13(11-16-18)15(19)17(2)14-9-7-5-4-6-8-10-14/h11-12,14H,3-10H2,1-2H3. The van der Waals surface area contributed by atoms with Gasteiger partial charge in [0.05, 0.1) is 11.8 Å². The highest BCUT2D eigenvalue weighted by atomic mass is 16.2. The Hall–Kier alpha value is -1.32. The number of nitrogens with zero attached hydrogens (tertiary/aromatic N) is 3. The molecule has 1 aromatic heterocycles. The van der Waals surface area contributed by atoms with Crippen molar-refractivity contribution in [3.8, 4) is 0 Å². The summed E-state index contributed by atoms with van der Waals surface area (Å²) in [4.78, 5) is 14.4. The van der Waals surface area contributed by atoms with Crippen molar-refractivity contribution in [2.45, 2.75) is 64.5 Å². The fourth-order valence-corrected chi connectivity index (χ4v) is 2.84. The lowest BCUT2D eigenvalue weighted by Crippen LogP contribution is -2.37. The summed E-state index contributed by atoms with van der Waals surface area (Å²) in [7, 11) is 1.94. The molecule has 1 aliphatic rings. The smallest absolute Gasteiger partial charge is 0.257 e. The molecule has 0 spiro atoms. The zero-order valence-electron chi connectivity index (χ0n) is 12.1. The van der Waals surface area contributed by atoms with Crippen LogP contribution in [0.2, 0.25) is 0 Å². The molecule has 0 bridgehead atoms. The molecule has 4 heteroatoms. The molecule has 4 nitrogen and oxygen atoms in total. The lowest BCUT2D eigenvalue weighted by atomic mass is 9.95. The minimum Gasteiger partial charge on any atom is -0.339 e. The maximum atomic E-state index is 12.4. The van der Waals surface area contributed by atoms with E-state index in [-0.39, 0.29) is 5.91 Å². The van der Waals surface area contributed by atoms with Crippen molar-refractivity contribution in [3.05, 3.63) is 18.0 Å². The molecular formula is C15H25N3O. The van der Waals surface area contributed by atoms with Crippen LogP contribution in [0.5, 0.6) is 0 Å². The molecule has 0 saturated heterocycles. The van der Waals surface area contributed by atoms with Crippen LogP contribution >= 0.6 is 0 Å². The van der Waals surface area contributed by atoms with Crippen LogP contribution in [0.1, 0.15) is 62.2 Å². The van der Waals surface area contributed by atoms with Gasteiger partial charge < -0.3 is 4.90 Å². The number of aryl methyl sites for hydroxylation is 1. The Morgan fingerprint density at radius 3 is 2.53 bits per heavy atom. The molecule has 1 fully saturated rings. The van der Waals surface area contributed by atoms with Crippen molar-refractivity contribution in [1.29, 1.82) is 0 Å². The monoisotopic (exact) mass is 263 g/mol. The van der Waals surface area contributed by atoms with Gasteiger partial charge in [-0.3, -0.25) is 9.48 Å². The molecule has 0 N–H and O–H groups in total. The predicted octanol–water partition coefficient (Wildman–Crippen LogP) is 3.09. The van der Waals surface area contributed by atoms with Gasteiger partial charge in [-0.15, -0.1) is 0 Å². The normalized spacial score (nSPS) is 17.8. The van der Waals surface area contributed by atoms with E-state index in [1.54, 1.807) is 10.9 Å². The van der Waals surface area contributed by atoms with Gasteiger partial charge in [0.25, 0.3) is 5.91 Å². The van der Waals surface area contributed by atoms with Crippen LogP contribution in [0.15, 0.2) is 12.4 Å². The van der Waals surface area contributed by atoms with Gasteiger partial charge in [0, 0.05) is 25.8 Å². The molecule has 1 amide bonds. The SMILES string of the molecule is CCn1cc(C(=O)N(C)C2CCCCCCC2)cn1. The van der Waals surface area contributed by atoms with E-state index in [2.05, 4.69) is 5.10 Å². The zero-order valence-corrected chi connectivity index (χ0v) is 12.1. The average molecular weight is 263 g/mol. The van der Waals surface area contributed by atoms with Gasteiger partial charge in [0.1, 0.15) is 0 Å². The number of carbonyl (C=O) groups excluding carboxylic acids is 1. The van der Waals surface area contributed by atoms with Crippen LogP contribution in [0.4, 0.5) is 0 Å². The number of hydrogen-bond donors (Lipinski definition) is 0. The first-order chi connectivity index (χ1) is 9.22. The highest BCUT2D eigenvalue weighted by Crippen LogP contribution is 2.21. The summed E-state index contributed by atoms with van der Waals surface area (Å²) in [6, 6.07) is 0.401. The first kappa shape index (κ1) is 14.1. The molecule has 19 heavy (non-hydrogen) atoms. The molecule has 0 radical (unpaired) electrons. The minimum absolute atomic E-state index is 0.116. The molecule has 1 aliphatic carbocycles. The summed E-state index contributed by atoms with van der Waals surface area (Å²) >= 11 is 0.